The Kier molecular flexibility index (Phi) is 2.76. The van der Waals surface area contributed by atoms with Crippen LogP contribution in [0, 0.1) is 6.92 Å². The molecule has 5 nitrogen and oxygen atoms in total. The van der Waals surface area contributed by atoms with Crippen molar-refractivity contribution in [3.05, 3.63) is 29.8 Å². The largest absolute Gasteiger partial charge is 0.384 e. The summed E-state index contributed by atoms with van der Waals surface area (Å²) in [5.74, 6) is 1.72. The second-order valence-corrected chi connectivity index (χ2v) is 3.45. The molecule has 2 aromatic rings. The first-order valence-corrected chi connectivity index (χ1v) is 5.12. The fourth-order valence-electron chi connectivity index (χ4n) is 1.39. The molecule has 0 aliphatic carbocycles. The van der Waals surface area contributed by atoms with Crippen molar-refractivity contribution in [2.24, 2.45) is 0 Å². The van der Waals surface area contributed by atoms with Crippen molar-refractivity contribution in [3.8, 4) is 11.5 Å². The van der Waals surface area contributed by atoms with Crippen LogP contribution in [-0.4, -0.2) is 19.9 Å². The molecule has 0 saturated carbocycles. The first kappa shape index (κ1) is 10.5. The van der Waals surface area contributed by atoms with E-state index in [1.165, 1.54) is 0 Å². The van der Waals surface area contributed by atoms with Crippen LogP contribution in [0.1, 0.15) is 18.4 Å². The predicted molar refractivity (Wildman–Crippen MR) is 61.6 cm³/mol. The van der Waals surface area contributed by atoms with E-state index >= 15 is 0 Å². The van der Waals surface area contributed by atoms with Crippen LogP contribution in [0.5, 0.6) is 0 Å². The fraction of sp³-hybridized carbons (Fsp3) is 0.273. The molecule has 0 amide bonds. The van der Waals surface area contributed by atoms with Gasteiger partial charge in [-0.2, -0.15) is 0 Å². The molecule has 2 rings (SSSR count). The van der Waals surface area contributed by atoms with E-state index in [4.69, 9.17) is 5.73 Å². The summed E-state index contributed by atoms with van der Waals surface area (Å²) in [6.45, 7) is 3.85. The summed E-state index contributed by atoms with van der Waals surface area (Å²) in [6, 6.07) is 3.55. The number of hydrogen-bond acceptors (Lipinski definition) is 5. The fourth-order valence-corrected chi connectivity index (χ4v) is 1.39. The van der Waals surface area contributed by atoms with Crippen molar-refractivity contribution in [2.75, 3.05) is 5.73 Å². The second-order valence-electron chi connectivity index (χ2n) is 3.45. The highest BCUT2D eigenvalue weighted by Gasteiger charge is 2.06. The van der Waals surface area contributed by atoms with Gasteiger partial charge < -0.3 is 5.73 Å². The zero-order valence-corrected chi connectivity index (χ0v) is 9.31. The van der Waals surface area contributed by atoms with Gasteiger partial charge in [0, 0.05) is 18.0 Å². The Morgan fingerprint density at radius 1 is 1.25 bits per heavy atom. The van der Waals surface area contributed by atoms with Gasteiger partial charge in [0.15, 0.2) is 5.82 Å². The lowest BCUT2D eigenvalue weighted by molar-refractivity contribution is 0.985. The Balaban J connectivity index is 2.51. The Morgan fingerprint density at radius 3 is 2.75 bits per heavy atom. The first-order valence-electron chi connectivity index (χ1n) is 5.12. The van der Waals surface area contributed by atoms with Crippen molar-refractivity contribution in [3.63, 3.8) is 0 Å². The molecule has 0 unspecified atom stereocenters. The topological polar surface area (TPSA) is 77.6 Å². The number of aromatic nitrogens is 4. The first-order chi connectivity index (χ1) is 7.69. The van der Waals surface area contributed by atoms with Gasteiger partial charge in [-0.05, 0) is 19.4 Å². The molecule has 2 heterocycles. The summed E-state index contributed by atoms with van der Waals surface area (Å²) in [4.78, 5) is 16.9. The summed E-state index contributed by atoms with van der Waals surface area (Å²) >= 11 is 0. The molecule has 0 saturated heterocycles. The van der Waals surface area contributed by atoms with Gasteiger partial charge in [-0.15, -0.1) is 0 Å². The van der Waals surface area contributed by atoms with Crippen LogP contribution in [-0.2, 0) is 6.42 Å². The number of nitrogens with zero attached hydrogens (tertiary/aromatic N) is 4. The Labute approximate surface area is 93.8 Å². The molecule has 82 valence electrons. The summed E-state index contributed by atoms with van der Waals surface area (Å²) in [5.41, 5.74) is 7.33. The zero-order valence-electron chi connectivity index (χ0n) is 9.31. The molecular formula is C11H13N5. The molecule has 0 atom stereocenters. The summed E-state index contributed by atoms with van der Waals surface area (Å²) in [5, 5.41) is 0. The molecule has 2 aromatic heterocycles. The van der Waals surface area contributed by atoms with E-state index < -0.39 is 0 Å². The molecule has 0 fully saturated rings. The highest BCUT2D eigenvalue weighted by Crippen LogP contribution is 2.14. The quantitative estimate of drug-likeness (QED) is 0.819. The molecular weight excluding hydrogens is 202 g/mol. The van der Waals surface area contributed by atoms with Gasteiger partial charge in [0.05, 0.1) is 0 Å². The van der Waals surface area contributed by atoms with Crippen molar-refractivity contribution < 1.29 is 0 Å². The average molecular weight is 215 g/mol. The highest BCUT2D eigenvalue weighted by atomic mass is 15.0. The van der Waals surface area contributed by atoms with Crippen LogP contribution >= 0.6 is 0 Å². The molecule has 0 aliphatic rings. The van der Waals surface area contributed by atoms with Crippen LogP contribution in [0.2, 0.25) is 0 Å². The van der Waals surface area contributed by atoms with Crippen molar-refractivity contribution in [1.82, 2.24) is 19.9 Å². The molecule has 16 heavy (non-hydrogen) atoms. The van der Waals surface area contributed by atoms with E-state index in [1.807, 2.05) is 13.8 Å². The second kappa shape index (κ2) is 4.22. The Bertz CT molecular complexity index is 509. The van der Waals surface area contributed by atoms with Gasteiger partial charge in [0.1, 0.15) is 17.3 Å². The van der Waals surface area contributed by atoms with Gasteiger partial charge in [0.2, 0.25) is 0 Å². The van der Waals surface area contributed by atoms with Crippen LogP contribution in [0.3, 0.4) is 0 Å². The van der Waals surface area contributed by atoms with E-state index in [2.05, 4.69) is 19.9 Å². The minimum Gasteiger partial charge on any atom is -0.384 e. The minimum atomic E-state index is 0.470. The monoisotopic (exact) mass is 215 g/mol. The van der Waals surface area contributed by atoms with Crippen LogP contribution in [0.25, 0.3) is 11.5 Å². The Morgan fingerprint density at radius 2 is 2.06 bits per heavy atom. The van der Waals surface area contributed by atoms with Gasteiger partial charge in [-0.25, -0.2) is 19.9 Å². The average Bonchev–Trinajstić information content (AvgIpc) is 2.28. The molecule has 2 N–H and O–H groups in total. The van der Waals surface area contributed by atoms with Crippen molar-refractivity contribution in [1.29, 1.82) is 0 Å². The van der Waals surface area contributed by atoms with Gasteiger partial charge >= 0.3 is 0 Å². The summed E-state index contributed by atoms with van der Waals surface area (Å²) in [7, 11) is 0. The van der Waals surface area contributed by atoms with E-state index in [0.717, 1.165) is 12.1 Å². The van der Waals surface area contributed by atoms with E-state index in [0.29, 0.717) is 23.2 Å². The van der Waals surface area contributed by atoms with Crippen LogP contribution in [0.15, 0.2) is 18.3 Å². The predicted octanol–water partition coefficient (Wildman–Crippen LogP) is 1.39. The van der Waals surface area contributed by atoms with E-state index in [1.54, 1.807) is 18.3 Å². The number of aryl methyl sites for hydroxylation is 2. The van der Waals surface area contributed by atoms with Crippen LogP contribution in [0.4, 0.5) is 5.82 Å². The number of hydrogen-bond donors (Lipinski definition) is 1. The third kappa shape index (κ3) is 2.13. The maximum Gasteiger partial charge on any atom is 0.180 e. The number of anilines is 1. The molecule has 0 radical (unpaired) electrons. The molecule has 0 spiro atoms. The molecule has 5 heteroatoms. The lowest BCUT2D eigenvalue weighted by Crippen LogP contribution is -2.01. The number of nitrogens with two attached hydrogens (primary N) is 1. The van der Waals surface area contributed by atoms with Gasteiger partial charge in [-0.1, -0.05) is 6.92 Å². The molecule has 0 bridgehead atoms. The van der Waals surface area contributed by atoms with Gasteiger partial charge in [-0.3, -0.25) is 0 Å². The van der Waals surface area contributed by atoms with Crippen LogP contribution < -0.4 is 5.73 Å². The highest BCUT2D eigenvalue weighted by molar-refractivity contribution is 5.51. The third-order valence-electron chi connectivity index (χ3n) is 2.17. The van der Waals surface area contributed by atoms with Crippen molar-refractivity contribution in [2.45, 2.75) is 20.3 Å². The SMILES string of the molecule is CCc1cc(N)nc(-c2ccnc(C)n2)n1. The van der Waals surface area contributed by atoms with Crippen molar-refractivity contribution >= 4 is 5.82 Å². The maximum absolute atomic E-state index is 5.72. The standard InChI is InChI=1S/C11H13N5/c1-3-8-6-10(12)16-11(15-8)9-4-5-13-7(2)14-9/h4-6H,3H2,1-2H3,(H2,12,15,16). The van der Waals surface area contributed by atoms with E-state index in [-0.39, 0.29) is 0 Å². The Hall–Kier alpha value is -2.04. The lowest BCUT2D eigenvalue weighted by atomic mass is 10.3. The number of rotatable bonds is 2. The number of nitrogen functional groups attached to an aromatic ring is 1. The normalized spacial score (nSPS) is 10.4. The maximum atomic E-state index is 5.72. The third-order valence-corrected chi connectivity index (χ3v) is 2.17. The molecule has 0 aliphatic heterocycles. The lowest BCUT2D eigenvalue weighted by Gasteiger charge is -2.03. The summed E-state index contributed by atoms with van der Waals surface area (Å²) in [6.07, 6.45) is 2.51. The zero-order chi connectivity index (χ0) is 11.5. The van der Waals surface area contributed by atoms with E-state index in [9.17, 15) is 0 Å². The van der Waals surface area contributed by atoms with Gasteiger partial charge in [0.25, 0.3) is 0 Å². The minimum absolute atomic E-state index is 0.470. The smallest absolute Gasteiger partial charge is 0.180 e. The summed E-state index contributed by atoms with van der Waals surface area (Å²) < 4.78 is 0. The molecule has 0 aromatic carbocycles.